The molecule has 0 aromatic heterocycles. The average Bonchev–Trinajstić information content (AvgIpc) is 2.66. The molecule has 0 saturated heterocycles. The quantitative estimate of drug-likeness (QED) is 0.280. The molecule has 0 amide bonds. The van der Waals surface area contributed by atoms with Crippen LogP contribution in [0.2, 0.25) is 0 Å². The van der Waals surface area contributed by atoms with E-state index < -0.39 is 0 Å². The minimum absolute atomic E-state index is 1.02. The fourth-order valence-electron chi connectivity index (χ4n) is 2.72. The van der Waals surface area contributed by atoms with E-state index in [1.54, 1.807) is 0 Å². The van der Waals surface area contributed by atoms with E-state index in [2.05, 4.69) is 73.5 Å². The van der Waals surface area contributed by atoms with Gasteiger partial charge in [0.1, 0.15) is 0 Å². The van der Waals surface area contributed by atoms with Gasteiger partial charge in [0.05, 0.1) is 0 Å². The van der Waals surface area contributed by atoms with E-state index in [1.165, 1.54) is 30.4 Å². The first-order valence-electron chi connectivity index (χ1n) is 9.23. The Hall–Kier alpha value is -2.52. The normalized spacial score (nSPS) is 9.92. The summed E-state index contributed by atoms with van der Waals surface area (Å²) in [7, 11) is 0. The van der Waals surface area contributed by atoms with Crippen LogP contribution in [0, 0.1) is 11.8 Å². The van der Waals surface area contributed by atoms with Gasteiger partial charge in [-0.15, -0.1) is 13.2 Å². The van der Waals surface area contributed by atoms with Crippen molar-refractivity contribution in [1.29, 1.82) is 0 Å². The Morgan fingerprint density at radius 1 is 0.600 bits per heavy atom. The molecule has 128 valence electrons. The average molecular weight is 328 g/mol. The number of benzene rings is 2. The highest BCUT2D eigenvalue weighted by molar-refractivity contribution is 5.44. The summed E-state index contributed by atoms with van der Waals surface area (Å²) in [6, 6.07) is 17.2. The number of allylic oxidation sites excluding steroid dienone is 2. The van der Waals surface area contributed by atoms with Gasteiger partial charge in [0.15, 0.2) is 0 Å². The summed E-state index contributed by atoms with van der Waals surface area (Å²) in [5, 5.41) is 0. The van der Waals surface area contributed by atoms with Gasteiger partial charge >= 0.3 is 0 Å². The fraction of sp³-hybridized carbons (Fsp3) is 0.280. The molecule has 2 rings (SSSR count). The van der Waals surface area contributed by atoms with E-state index >= 15 is 0 Å². The lowest BCUT2D eigenvalue weighted by Gasteiger charge is -2.01. The van der Waals surface area contributed by atoms with Gasteiger partial charge in [-0.2, -0.15) is 0 Å². The number of hydrogen-bond donors (Lipinski definition) is 0. The van der Waals surface area contributed by atoms with Gasteiger partial charge < -0.3 is 0 Å². The molecule has 0 spiro atoms. The molecule has 0 aliphatic rings. The lowest BCUT2D eigenvalue weighted by atomic mass is 10.0. The van der Waals surface area contributed by atoms with Crippen molar-refractivity contribution in [2.75, 3.05) is 0 Å². The van der Waals surface area contributed by atoms with Gasteiger partial charge in [0.25, 0.3) is 0 Å². The SMILES string of the molecule is C=CCCCCCc1ccc(C#Cc2ccc(CCC=C)cc2)cc1. The predicted octanol–water partition coefficient (Wildman–Crippen LogP) is 6.49. The van der Waals surface area contributed by atoms with Crippen LogP contribution in [0.4, 0.5) is 0 Å². The van der Waals surface area contributed by atoms with Crippen molar-refractivity contribution < 1.29 is 0 Å². The molecule has 0 radical (unpaired) electrons. The Morgan fingerprint density at radius 3 is 1.64 bits per heavy atom. The van der Waals surface area contributed by atoms with Crippen molar-refractivity contribution >= 4 is 0 Å². The van der Waals surface area contributed by atoms with E-state index in [-0.39, 0.29) is 0 Å². The van der Waals surface area contributed by atoms with Gasteiger partial charge in [0, 0.05) is 11.1 Å². The molecular weight excluding hydrogens is 300 g/mol. The van der Waals surface area contributed by atoms with Crippen LogP contribution in [0.15, 0.2) is 73.8 Å². The molecule has 0 bridgehead atoms. The second kappa shape index (κ2) is 11.1. The number of hydrogen-bond acceptors (Lipinski definition) is 0. The monoisotopic (exact) mass is 328 g/mol. The van der Waals surface area contributed by atoms with Gasteiger partial charge in [0.2, 0.25) is 0 Å². The summed E-state index contributed by atoms with van der Waals surface area (Å²) in [5.41, 5.74) is 4.87. The largest absolute Gasteiger partial charge is 0.103 e. The van der Waals surface area contributed by atoms with Crippen LogP contribution < -0.4 is 0 Å². The lowest BCUT2D eigenvalue weighted by molar-refractivity contribution is 0.687. The van der Waals surface area contributed by atoms with Crippen molar-refractivity contribution in [3.63, 3.8) is 0 Å². The molecule has 0 heterocycles. The molecule has 2 aromatic rings. The molecule has 0 atom stereocenters. The first-order chi connectivity index (χ1) is 12.3. The van der Waals surface area contributed by atoms with E-state index in [0.717, 1.165) is 36.8 Å². The minimum Gasteiger partial charge on any atom is -0.103 e. The maximum Gasteiger partial charge on any atom is 0.0249 e. The standard InChI is InChI=1S/C25H28/c1-3-5-7-8-9-11-23-14-18-25(19-15-23)21-20-24-16-12-22(13-17-24)10-6-4-2/h3-4,12-19H,1-2,5-11H2. The summed E-state index contributed by atoms with van der Waals surface area (Å²) in [6.07, 6.45) is 12.1. The topological polar surface area (TPSA) is 0 Å². The van der Waals surface area contributed by atoms with Crippen molar-refractivity contribution in [1.82, 2.24) is 0 Å². The Labute approximate surface area is 153 Å². The molecule has 2 aromatic carbocycles. The third-order valence-corrected chi connectivity index (χ3v) is 4.27. The van der Waals surface area contributed by atoms with Crippen LogP contribution in [0.25, 0.3) is 0 Å². The Kier molecular flexibility index (Phi) is 8.36. The summed E-state index contributed by atoms with van der Waals surface area (Å²) >= 11 is 0. The molecule has 0 unspecified atom stereocenters. The Balaban J connectivity index is 1.85. The Bertz CT molecular complexity index is 705. The lowest BCUT2D eigenvalue weighted by Crippen LogP contribution is -1.86. The van der Waals surface area contributed by atoms with Gasteiger partial charge in [-0.05, 0) is 73.9 Å². The summed E-state index contributed by atoms with van der Waals surface area (Å²) in [4.78, 5) is 0. The molecule has 0 aliphatic carbocycles. The minimum atomic E-state index is 1.02. The first-order valence-corrected chi connectivity index (χ1v) is 9.23. The Morgan fingerprint density at radius 2 is 1.12 bits per heavy atom. The van der Waals surface area contributed by atoms with E-state index in [0.29, 0.717) is 0 Å². The van der Waals surface area contributed by atoms with Gasteiger partial charge in [-0.25, -0.2) is 0 Å². The van der Waals surface area contributed by atoms with Crippen LogP contribution in [-0.2, 0) is 12.8 Å². The highest BCUT2D eigenvalue weighted by Crippen LogP contribution is 2.10. The smallest absolute Gasteiger partial charge is 0.0249 e. The zero-order valence-corrected chi connectivity index (χ0v) is 15.1. The van der Waals surface area contributed by atoms with Gasteiger partial charge in [-0.3, -0.25) is 0 Å². The predicted molar refractivity (Wildman–Crippen MR) is 110 cm³/mol. The van der Waals surface area contributed by atoms with Gasteiger partial charge in [-0.1, -0.05) is 54.7 Å². The molecule has 0 fully saturated rings. The second-order valence-electron chi connectivity index (χ2n) is 6.36. The third kappa shape index (κ3) is 7.27. The molecule has 0 aliphatic heterocycles. The zero-order valence-electron chi connectivity index (χ0n) is 15.1. The number of aryl methyl sites for hydroxylation is 2. The van der Waals surface area contributed by atoms with Crippen molar-refractivity contribution in [2.45, 2.75) is 44.9 Å². The highest BCUT2D eigenvalue weighted by Gasteiger charge is 1.95. The van der Waals surface area contributed by atoms with E-state index in [1.807, 2.05) is 12.2 Å². The van der Waals surface area contributed by atoms with Crippen LogP contribution in [0.3, 0.4) is 0 Å². The summed E-state index contributed by atoms with van der Waals surface area (Å²) in [6.45, 7) is 7.53. The number of rotatable bonds is 9. The van der Waals surface area contributed by atoms with Crippen molar-refractivity contribution in [3.05, 3.63) is 96.1 Å². The van der Waals surface area contributed by atoms with Crippen LogP contribution in [0.5, 0.6) is 0 Å². The van der Waals surface area contributed by atoms with Crippen molar-refractivity contribution in [3.8, 4) is 11.8 Å². The fourth-order valence-corrected chi connectivity index (χ4v) is 2.72. The summed E-state index contributed by atoms with van der Waals surface area (Å²) < 4.78 is 0. The van der Waals surface area contributed by atoms with Crippen LogP contribution >= 0.6 is 0 Å². The molecule has 0 nitrogen and oxygen atoms in total. The summed E-state index contributed by atoms with van der Waals surface area (Å²) in [5.74, 6) is 6.51. The van der Waals surface area contributed by atoms with Crippen molar-refractivity contribution in [2.24, 2.45) is 0 Å². The van der Waals surface area contributed by atoms with E-state index in [9.17, 15) is 0 Å². The molecule has 25 heavy (non-hydrogen) atoms. The zero-order chi connectivity index (χ0) is 17.7. The van der Waals surface area contributed by atoms with Crippen LogP contribution in [0.1, 0.15) is 54.4 Å². The maximum atomic E-state index is 3.77. The maximum absolute atomic E-state index is 3.77. The molecule has 0 saturated carbocycles. The molecular formula is C25H28. The first kappa shape index (κ1) is 18.8. The number of unbranched alkanes of at least 4 members (excludes halogenated alkanes) is 3. The highest BCUT2D eigenvalue weighted by atomic mass is 14.0. The molecule has 0 N–H and O–H groups in total. The second-order valence-corrected chi connectivity index (χ2v) is 6.36. The third-order valence-electron chi connectivity index (χ3n) is 4.27. The van der Waals surface area contributed by atoms with Crippen LogP contribution in [-0.4, -0.2) is 0 Å². The van der Waals surface area contributed by atoms with E-state index in [4.69, 9.17) is 0 Å². The molecule has 0 heteroatoms.